The molecule has 0 aromatic carbocycles. The number of imidazole rings is 1. The van der Waals surface area contributed by atoms with Crippen LogP contribution < -0.4 is 0 Å². The normalized spacial score (nSPS) is 18.6. The van der Waals surface area contributed by atoms with Crippen LogP contribution in [-0.2, 0) is 13.1 Å². The van der Waals surface area contributed by atoms with Gasteiger partial charge in [-0.25, -0.2) is 4.98 Å². The van der Waals surface area contributed by atoms with E-state index in [0.717, 1.165) is 51.4 Å². The SMILES string of the molecule is Cc1nc(C2CCN(C(=O)c3ccc4nnnn4c3)CC2)c2n1CCN(C)C2. The average Bonchev–Trinajstić information content (AvgIpc) is 3.31. The number of hydrogen-bond donors (Lipinski definition) is 0. The quantitative estimate of drug-likeness (QED) is 0.662. The van der Waals surface area contributed by atoms with Crippen LogP contribution in [0.15, 0.2) is 18.3 Å². The predicted molar refractivity (Wildman–Crippen MR) is 102 cm³/mol. The zero-order chi connectivity index (χ0) is 19.3. The molecule has 2 aliphatic rings. The molecule has 0 saturated carbocycles. The molecule has 0 spiro atoms. The highest BCUT2D eigenvalue weighted by Crippen LogP contribution is 2.32. The van der Waals surface area contributed by atoms with E-state index in [2.05, 4.69) is 39.0 Å². The Balaban J connectivity index is 1.31. The maximum absolute atomic E-state index is 12.9. The molecule has 9 nitrogen and oxygen atoms in total. The van der Waals surface area contributed by atoms with Gasteiger partial charge in [-0.05, 0) is 49.4 Å². The molecule has 5 rings (SSSR count). The third kappa shape index (κ3) is 2.86. The molecule has 0 radical (unpaired) electrons. The molecular formula is C19H24N8O. The summed E-state index contributed by atoms with van der Waals surface area (Å²) in [6, 6.07) is 3.57. The van der Waals surface area contributed by atoms with Gasteiger partial charge in [-0.3, -0.25) is 9.69 Å². The van der Waals surface area contributed by atoms with Crippen LogP contribution in [0.2, 0.25) is 0 Å². The van der Waals surface area contributed by atoms with Crippen molar-refractivity contribution >= 4 is 11.6 Å². The first-order chi connectivity index (χ1) is 13.6. The zero-order valence-corrected chi connectivity index (χ0v) is 16.2. The number of rotatable bonds is 2. The molecule has 5 heterocycles. The van der Waals surface area contributed by atoms with Crippen molar-refractivity contribution in [1.82, 2.24) is 39.4 Å². The molecule has 9 heteroatoms. The number of piperidine rings is 1. The van der Waals surface area contributed by atoms with E-state index in [1.807, 2.05) is 4.90 Å². The van der Waals surface area contributed by atoms with Gasteiger partial charge in [-0.2, -0.15) is 4.52 Å². The summed E-state index contributed by atoms with van der Waals surface area (Å²) in [6.45, 7) is 6.65. The van der Waals surface area contributed by atoms with Crippen molar-refractivity contribution in [2.45, 2.75) is 38.8 Å². The summed E-state index contributed by atoms with van der Waals surface area (Å²) in [5.74, 6) is 1.58. The Morgan fingerprint density at radius 3 is 2.79 bits per heavy atom. The van der Waals surface area contributed by atoms with Gasteiger partial charge in [0.25, 0.3) is 5.91 Å². The summed E-state index contributed by atoms with van der Waals surface area (Å²) in [6.07, 6.45) is 3.60. The van der Waals surface area contributed by atoms with Gasteiger partial charge in [0.15, 0.2) is 5.65 Å². The summed E-state index contributed by atoms with van der Waals surface area (Å²) < 4.78 is 3.91. The lowest BCUT2D eigenvalue weighted by atomic mass is 9.91. The van der Waals surface area contributed by atoms with E-state index < -0.39 is 0 Å². The fraction of sp³-hybridized carbons (Fsp3) is 0.526. The Labute approximate surface area is 162 Å². The van der Waals surface area contributed by atoms with E-state index in [0.29, 0.717) is 17.1 Å². The van der Waals surface area contributed by atoms with Gasteiger partial charge in [0.1, 0.15) is 5.82 Å². The lowest BCUT2D eigenvalue weighted by Gasteiger charge is -2.33. The van der Waals surface area contributed by atoms with Crippen molar-refractivity contribution in [1.29, 1.82) is 0 Å². The summed E-state index contributed by atoms with van der Waals surface area (Å²) >= 11 is 0. The summed E-state index contributed by atoms with van der Waals surface area (Å²) in [5, 5.41) is 11.4. The van der Waals surface area contributed by atoms with Gasteiger partial charge < -0.3 is 9.47 Å². The molecular weight excluding hydrogens is 356 g/mol. The zero-order valence-electron chi connectivity index (χ0n) is 16.2. The first-order valence-corrected chi connectivity index (χ1v) is 9.81. The van der Waals surface area contributed by atoms with Crippen molar-refractivity contribution in [3.63, 3.8) is 0 Å². The number of aryl methyl sites for hydroxylation is 1. The number of tetrazole rings is 1. The first-order valence-electron chi connectivity index (χ1n) is 9.81. The molecule has 1 amide bonds. The maximum Gasteiger partial charge on any atom is 0.255 e. The van der Waals surface area contributed by atoms with Gasteiger partial charge in [0, 0.05) is 44.8 Å². The fourth-order valence-electron chi connectivity index (χ4n) is 4.43. The summed E-state index contributed by atoms with van der Waals surface area (Å²) in [7, 11) is 2.17. The number of likely N-dealkylation sites (tertiary alicyclic amines) is 1. The molecule has 28 heavy (non-hydrogen) atoms. The van der Waals surface area contributed by atoms with Crippen molar-refractivity contribution in [3.05, 3.63) is 41.1 Å². The number of carbonyl (C=O) groups excluding carboxylic acids is 1. The number of hydrogen-bond acceptors (Lipinski definition) is 6. The van der Waals surface area contributed by atoms with Crippen LogP contribution in [0.1, 0.15) is 46.3 Å². The molecule has 3 aromatic heterocycles. The Morgan fingerprint density at radius 1 is 1.14 bits per heavy atom. The molecule has 1 saturated heterocycles. The standard InChI is InChI=1S/C19H24N8O/c1-13-20-18(16-12-24(2)9-10-26(13)16)14-5-7-25(8-6-14)19(28)15-3-4-17-21-22-23-27(17)11-15/h3-4,11,14H,5-10,12H2,1-2H3. The number of amides is 1. The van der Waals surface area contributed by atoms with Gasteiger partial charge in [0.2, 0.25) is 0 Å². The second-order valence-electron chi connectivity index (χ2n) is 7.85. The van der Waals surface area contributed by atoms with Gasteiger partial charge >= 0.3 is 0 Å². The number of pyridine rings is 1. The van der Waals surface area contributed by atoms with Crippen molar-refractivity contribution in [2.24, 2.45) is 0 Å². The van der Waals surface area contributed by atoms with Crippen LogP contribution in [0.25, 0.3) is 5.65 Å². The summed E-state index contributed by atoms with van der Waals surface area (Å²) in [4.78, 5) is 22.1. The Hall–Kier alpha value is -2.81. The third-order valence-electron chi connectivity index (χ3n) is 6.03. The highest BCUT2D eigenvalue weighted by Gasteiger charge is 2.30. The van der Waals surface area contributed by atoms with Crippen LogP contribution in [0.3, 0.4) is 0 Å². The number of carbonyl (C=O) groups is 1. The van der Waals surface area contributed by atoms with E-state index in [1.54, 1.807) is 18.3 Å². The summed E-state index contributed by atoms with van der Waals surface area (Å²) in [5.41, 5.74) is 3.86. The minimum Gasteiger partial charge on any atom is -0.339 e. The molecule has 0 N–H and O–H groups in total. The van der Waals surface area contributed by atoms with Crippen LogP contribution in [0, 0.1) is 6.92 Å². The molecule has 0 unspecified atom stereocenters. The van der Waals surface area contributed by atoms with Crippen LogP contribution >= 0.6 is 0 Å². The molecule has 0 bridgehead atoms. The van der Waals surface area contributed by atoms with E-state index in [9.17, 15) is 4.79 Å². The van der Waals surface area contributed by atoms with Crippen molar-refractivity contribution in [3.8, 4) is 0 Å². The van der Waals surface area contributed by atoms with Crippen molar-refractivity contribution < 1.29 is 4.79 Å². The van der Waals surface area contributed by atoms with E-state index >= 15 is 0 Å². The maximum atomic E-state index is 12.9. The number of aromatic nitrogens is 6. The minimum absolute atomic E-state index is 0.0404. The highest BCUT2D eigenvalue weighted by atomic mass is 16.2. The van der Waals surface area contributed by atoms with Crippen LogP contribution in [0.4, 0.5) is 0 Å². The number of fused-ring (bicyclic) bond motifs is 2. The molecule has 3 aromatic rings. The Bertz CT molecular complexity index is 1030. The smallest absolute Gasteiger partial charge is 0.255 e. The second kappa shape index (κ2) is 6.66. The average molecular weight is 380 g/mol. The predicted octanol–water partition coefficient (Wildman–Crippen LogP) is 1.09. The van der Waals surface area contributed by atoms with E-state index in [1.165, 1.54) is 15.9 Å². The molecule has 0 atom stereocenters. The lowest BCUT2D eigenvalue weighted by Crippen LogP contribution is -2.38. The Morgan fingerprint density at radius 2 is 1.96 bits per heavy atom. The van der Waals surface area contributed by atoms with E-state index in [-0.39, 0.29) is 5.91 Å². The molecule has 0 aliphatic carbocycles. The van der Waals surface area contributed by atoms with Gasteiger partial charge in [-0.15, -0.1) is 5.10 Å². The lowest BCUT2D eigenvalue weighted by molar-refractivity contribution is 0.0711. The first kappa shape index (κ1) is 17.3. The van der Waals surface area contributed by atoms with Gasteiger partial charge in [-0.1, -0.05) is 0 Å². The Kier molecular flexibility index (Phi) is 4.12. The molecule has 146 valence electrons. The highest BCUT2D eigenvalue weighted by molar-refractivity contribution is 5.94. The second-order valence-corrected chi connectivity index (χ2v) is 7.85. The van der Waals surface area contributed by atoms with Crippen LogP contribution in [0.5, 0.6) is 0 Å². The molecule has 1 fully saturated rings. The van der Waals surface area contributed by atoms with E-state index in [4.69, 9.17) is 4.98 Å². The topological polar surface area (TPSA) is 84.5 Å². The third-order valence-corrected chi connectivity index (χ3v) is 6.03. The van der Waals surface area contributed by atoms with Gasteiger partial charge in [0.05, 0.1) is 17.0 Å². The molecule has 2 aliphatic heterocycles. The number of likely N-dealkylation sites (N-methyl/N-ethyl adjacent to an activating group) is 1. The number of nitrogens with zero attached hydrogens (tertiary/aromatic N) is 8. The monoisotopic (exact) mass is 380 g/mol. The van der Waals surface area contributed by atoms with Crippen molar-refractivity contribution in [2.75, 3.05) is 26.7 Å². The minimum atomic E-state index is 0.0404. The largest absolute Gasteiger partial charge is 0.339 e. The fourth-order valence-corrected chi connectivity index (χ4v) is 4.43. The van der Waals surface area contributed by atoms with Crippen LogP contribution in [-0.4, -0.2) is 72.0 Å².